The molecule has 0 saturated carbocycles. The summed E-state index contributed by atoms with van der Waals surface area (Å²) >= 11 is 0. The minimum absolute atomic E-state index is 0.0851. The van der Waals surface area contributed by atoms with E-state index in [0.29, 0.717) is 18.5 Å². The fraction of sp³-hybridized carbons (Fsp3) is 0.182. The van der Waals surface area contributed by atoms with Crippen LogP contribution in [0.1, 0.15) is 11.1 Å². The summed E-state index contributed by atoms with van der Waals surface area (Å²) in [4.78, 5) is 11.3. The van der Waals surface area contributed by atoms with Gasteiger partial charge in [0.1, 0.15) is 12.4 Å². The van der Waals surface area contributed by atoms with Crippen molar-refractivity contribution in [2.75, 3.05) is 6.61 Å². The minimum Gasteiger partial charge on any atom is -0.493 e. The third-order valence-electron chi connectivity index (χ3n) is 4.85. The molecule has 0 saturated heterocycles. The van der Waals surface area contributed by atoms with Gasteiger partial charge in [-0.05, 0) is 42.1 Å². The zero-order valence-corrected chi connectivity index (χ0v) is 15.3. The number of aromatic hydroxyl groups is 1. The summed E-state index contributed by atoms with van der Waals surface area (Å²) in [7, 11) is 0. The summed E-state index contributed by atoms with van der Waals surface area (Å²) in [6.45, 7) is 4.69. The molecule has 0 bridgehead atoms. The van der Waals surface area contributed by atoms with E-state index in [1.807, 2.05) is 68.4 Å². The molecule has 5 heteroatoms. The maximum Gasteiger partial charge on any atom is 0.222 e. The summed E-state index contributed by atoms with van der Waals surface area (Å²) < 4.78 is 7.69. The first-order chi connectivity index (χ1) is 13.1. The summed E-state index contributed by atoms with van der Waals surface area (Å²) in [6, 6.07) is 17.9. The second kappa shape index (κ2) is 6.76. The molecule has 0 atom stereocenters. The summed E-state index contributed by atoms with van der Waals surface area (Å²) in [6.07, 6.45) is 0. The Bertz CT molecular complexity index is 1160. The molecule has 1 heterocycles. The van der Waals surface area contributed by atoms with Gasteiger partial charge in [0.15, 0.2) is 5.69 Å². The molecule has 3 aromatic carbocycles. The van der Waals surface area contributed by atoms with Crippen LogP contribution >= 0.6 is 0 Å². The van der Waals surface area contributed by atoms with Crippen molar-refractivity contribution in [1.29, 1.82) is 0 Å². The van der Waals surface area contributed by atoms with Gasteiger partial charge in [-0.1, -0.05) is 48.0 Å². The maximum atomic E-state index is 11.3. The van der Waals surface area contributed by atoms with E-state index in [9.17, 15) is 10.0 Å². The van der Waals surface area contributed by atoms with E-state index in [-0.39, 0.29) is 11.6 Å². The second-order valence-electron chi connectivity index (χ2n) is 6.72. The Labute approximate surface area is 156 Å². The van der Waals surface area contributed by atoms with Crippen molar-refractivity contribution in [3.63, 3.8) is 0 Å². The third-order valence-corrected chi connectivity index (χ3v) is 4.85. The predicted octanol–water partition coefficient (Wildman–Crippen LogP) is 5.59. The van der Waals surface area contributed by atoms with Gasteiger partial charge in [0.05, 0.1) is 12.1 Å². The molecule has 1 N–H and O–H groups in total. The van der Waals surface area contributed by atoms with Gasteiger partial charge in [-0.2, -0.15) is 0 Å². The van der Waals surface area contributed by atoms with E-state index in [1.165, 1.54) is 0 Å². The molecule has 5 nitrogen and oxygen atoms in total. The normalized spacial score (nSPS) is 11.2. The van der Waals surface area contributed by atoms with Crippen LogP contribution in [0.15, 0.2) is 59.8 Å². The lowest BCUT2D eigenvalue weighted by Crippen LogP contribution is -2.08. The smallest absolute Gasteiger partial charge is 0.222 e. The van der Waals surface area contributed by atoms with Gasteiger partial charge >= 0.3 is 0 Å². The summed E-state index contributed by atoms with van der Waals surface area (Å²) in [5.41, 5.74) is 2.91. The number of aromatic nitrogens is 1. The van der Waals surface area contributed by atoms with E-state index in [0.717, 1.165) is 33.2 Å². The van der Waals surface area contributed by atoms with E-state index in [4.69, 9.17) is 4.74 Å². The van der Waals surface area contributed by atoms with E-state index < -0.39 is 0 Å². The molecular formula is C22H20N2O3. The van der Waals surface area contributed by atoms with Crippen LogP contribution in [-0.2, 0) is 6.54 Å². The number of hydrogen-bond acceptors (Lipinski definition) is 4. The Morgan fingerprint density at radius 2 is 1.81 bits per heavy atom. The van der Waals surface area contributed by atoms with Crippen LogP contribution in [0.2, 0.25) is 0 Å². The van der Waals surface area contributed by atoms with Crippen molar-refractivity contribution in [2.45, 2.75) is 20.4 Å². The number of aryl methyl sites for hydroxylation is 2. The number of ether oxygens (including phenoxy) is 1. The van der Waals surface area contributed by atoms with Crippen molar-refractivity contribution >= 4 is 27.4 Å². The molecule has 0 spiro atoms. The SMILES string of the molecule is Cc1cc(C)c2c(c1)c(N=O)c(O)n2CCOc1cccc2ccccc12. The molecule has 0 radical (unpaired) electrons. The van der Waals surface area contributed by atoms with Crippen molar-refractivity contribution in [1.82, 2.24) is 4.57 Å². The number of nitrogens with zero attached hydrogens (tertiary/aromatic N) is 2. The molecule has 4 rings (SSSR count). The third kappa shape index (κ3) is 2.91. The van der Waals surface area contributed by atoms with Crippen LogP contribution < -0.4 is 4.74 Å². The fourth-order valence-electron chi connectivity index (χ4n) is 3.73. The van der Waals surface area contributed by atoms with Crippen molar-refractivity contribution in [3.8, 4) is 11.6 Å². The fourth-order valence-corrected chi connectivity index (χ4v) is 3.73. The molecule has 136 valence electrons. The van der Waals surface area contributed by atoms with Crippen LogP contribution in [0.3, 0.4) is 0 Å². The van der Waals surface area contributed by atoms with Crippen LogP contribution in [0.5, 0.6) is 11.6 Å². The van der Waals surface area contributed by atoms with Crippen molar-refractivity contribution < 1.29 is 9.84 Å². The average Bonchev–Trinajstić information content (AvgIpc) is 2.93. The summed E-state index contributed by atoms with van der Waals surface area (Å²) in [5, 5.41) is 16.4. The highest BCUT2D eigenvalue weighted by Gasteiger charge is 2.19. The first-order valence-electron chi connectivity index (χ1n) is 8.86. The van der Waals surface area contributed by atoms with Gasteiger partial charge < -0.3 is 14.4 Å². The van der Waals surface area contributed by atoms with Gasteiger partial charge in [0.25, 0.3) is 0 Å². The van der Waals surface area contributed by atoms with Crippen LogP contribution in [-0.4, -0.2) is 16.3 Å². The molecule has 0 aliphatic rings. The predicted molar refractivity (Wildman–Crippen MR) is 108 cm³/mol. The number of nitroso groups, excluding NO2 is 1. The minimum atomic E-state index is -0.116. The Morgan fingerprint density at radius 1 is 1.04 bits per heavy atom. The Kier molecular flexibility index (Phi) is 4.28. The topological polar surface area (TPSA) is 63.8 Å². The number of rotatable bonds is 5. The van der Waals surface area contributed by atoms with E-state index >= 15 is 0 Å². The second-order valence-corrected chi connectivity index (χ2v) is 6.72. The quantitative estimate of drug-likeness (QED) is 0.472. The number of hydrogen-bond donors (Lipinski definition) is 1. The van der Waals surface area contributed by atoms with E-state index in [2.05, 4.69) is 5.18 Å². The molecule has 0 amide bonds. The monoisotopic (exact) mass is 360 g/mol. The first-order valence-corrected chi connectivity index (χ1v) is 8.86. The molecule has 0 aliphatic carbocycles. The van der Waals surface area contributed by atoms with Gasteiger partial charge in [-0.25, -0.2) is 0 Å². The van der Waals surface area contributed by atoms with E-state index in [1.54, 1.807) is 4.57 Å². The lowest BCUT2D eigenvalue weighted by Gasteiger charge is -2.12. The summed E-state index contributed by atoms with van der Waals surface area (Å²) in [5.74, 6) is 0.681. The highest BCUT2D eigenvalue weighted by Crippen LogP contribution is 2.40. The van der Waals surface area contributed by atoms with Crippen LogP contribution in [0, 0.1) is 18.8 Å². The van der Waals surface area contributed by atoms with Crippen LogP contribution in [0.25, 0.3) is 21.7 Å². The lowest BCUT2D eigenvalue weighted by atomic mass is 10.1. The standard InChI is InChI=1S/C22H20N2O3/c1-14-12-15(2)21-18(13-14)20(23-26)22(25)24(21)10-11-27-19-9-5-7-16-6-3-4-8-17(16)19/h3-9,12-13,25H,10-11H2,1-2H3. The number of fused-ring (bicyclic) bond motifs is 2. The first kappa shape index (κ1) is 17.1. The molecule has 4 aromatic rings. The van der Waals surface area contributed by atoms with Crippen LogP contribution in [0.4, 0.5) is 5.69 Å². The highest BCUT2D eigenvalue weighted by molar-refractivity contribution is 5.97. The Balaban J connectivity index is 1.66. The molecule has 0 fully saturated rings. The maximum absolute atomic E-state index is 11.3. The molecule has 0 unspecified atom stereocenters. The molecule has 27 heavy (non-hydrogen) atoms. The van der Waals surface area contributed by atoms with Gasteiger partial charge in [-0.15, -0.1) is 4.91 Å². The number of benzene rings is 3. The average molecular weight is 360 g/mol. The zero-order chi connectivity index (χ0) is 19.0. The highest BCUT2D eigenvalue weighted by atomic mass is 16.5. The largest absolute Gasteiger partial charge is 0.493 e. The molecule has 1 aromatic heterocycles. The molecular weight excluding hydrogens is 340 g/mol. The van der Waals surface area contributed by atoms with Crippen molar-refractivity contribution in [3.05, 3.63) is 70.6 Å². The van der Waals surface area contributed by atoms with Gasteiger partial charge in [0, 0.05) is 10.8 Å². The lowest BCUT2D eigenvalue weighted by molar-refractivity contribution is 0.293. The molecule has 0 aliphatic heterocycles. The Hall–Kier alpha value is -3.34. The van der Waals surface area contributed by atoms with Crippen molar-refractivity contribution in [2.24, 2.45) is 5.18 Å². The Morgan fingerprint density at radius 3 is 2.63 bits per heavy atom. The zero-order valence-electron chi connectivity index (χ0n) is 15.3. The van der Waals surface area contributed by atoms with Gasteiger partial charge in [0.2, 0.25) is 5.88 Å². The van der Waals surface area contributed by atoms with Gasteiger partial charge in [-0.3, -0.25) is 0 Å².